The number of aliphatic hydroxyl groups excluding tert-OH is 6. The zero-order valence-electron chi connectivity index (χ0n) is 17.8. The third-order valence-corrected chi connectivity index (χ3v) is 5.57. The monoisotopic (exact) mass is 456 g/mol. The standard InChI is InChI=1S/C21H28O11/c1-21(2,32-20-18(27)17(26)16(25)13(8-22)31-20)19(28)15(24)10-6-9-4-5-14(23)30-11(9)7-12(10)29-3/h4-7,13,15-20,22,24-28H,8H2,1-3H3/t13-,15-,16-,17+,18-,19+,20-/m1/s1. The van der Waals surface area contributed by atoms with Gasteiger partial charge in [0.15, 0.2) is 6.29 Å². The van der Waals surface area contributed by atoms with Gasteiger partial charge in [-0.25, -0.2) is 4.79 Å². The number of hydrogen-bond donors (Lipinski definition) is 6. The number of rotatable bonds is 7. The third-order valence-electron chi connectivity index (χ3n) is 5.57. The minimum Gasteiger partial charge on any atom is -0.496 e. The Morgan fingerprint density at radius 2 is 1.78 bits per heavy atom. The molecule has 7 atom stereocenters. The van der Waals surface area contributed by atoms with Crippen molar-refractivity contribution in [2.75, 3.05) is 13.7 Å². The Morgan fingerprint density at radius 1 is 1.09 bits per heavy atom. The van der Waals surface area contributed by atoms with Gasteiger partial charge in [0.25, 0.3) is 0 Å². The topological polar surface area (TPSA) is 179 Å². The Balaban J connectivity index is 1.86. The first kappa shape index (κ1) is 24.6. The predicted molar refractivity (Wildman–Crippen MR) is 109 cm³/mol. The maximum absolute atomic E-state index is 11.5. The van der Waals surface area contributed by atoms with Crippen LogP contribution in [0.1, 0.15) is 25.5 Å². The van der Waals surface area contributed by atoms with Crippen molar-refractivity contribution >= 4 is 11.0 Å². The highest BCUT2D eigenvalue weighted by molar-refractivity contribution is 5.79. The van der Waals surface area contributed by atoms with E-state index >= 15 is 0 Å². The van der Waals surface area contributed by atoms with Crippen molar-refractivity contribution in [3.63, 3.8) is 0 Å². The first-order valence-electron chi connectivity index (χ1n) is 9.96. The van der Waals surface area contributed by atoms with Gasteiger partial charge in [-0.15, -0.1) is 0 Å². The van der Waals surface area contributed by atoms with Crippen LogP contribution in [0.15, 0.2) is 33.5 Å². The summed E-state index contributed by atoms with van der Waals surface area (Å²) in [6.07, 6.45) is -10.7. The van der Waals surface area contributed by atoms with Crippen LogP contribution in [0.3, 0.4) is 0 Å². The van der Waals surface area contributed by atoms with Crippen LogP contribution in [0, 0.1) is 0 Å². The number of benzene rings is 1. The molecule has 3 rings (SSSR count). The fourth-order valence-electron chi connectivity index (χ4n) is 3.61. The van der Waals surface area contributed by atoms with Gasteiger partial charge in [0.05, 0.1) is 19.3 Å². The molecule has 0 saturated carbocycles. The molecule has 0 bridgehead atoms. The Morgan fingerprint density at radius 3 is 2.41 bits per heavy atom. The van der Waals surface area contributed by atoms with Crippen LogP contribution >= 0.6 is 0 Å². The van der Waals surface area contributed by atoms with E-state index in [2.05, 4.69) is 0 Å². The van der Waals surface area contributed by atoms with Gasteiger partial charge in [0, 0.05) is 23.1 Å². The highest BCUT2D eigenvalue weighted by atomic mass is 16.7. The van der Waals surface area contributed by atoms with Crippen LogP contribution in [-0.2, 0) is 9.47 Å². The van der Waals surface area contributed by atoms with Crippen molar-refractivity contribution in [2.24, 2.45) is 0 Å². The first-order valence-corrected chi connectivity index (χ1v) is 9.96. The molecule has 1 fully saturated rings. The van der Waals surface area contributed by atoms with Gasteiger partial charge in [-0.05, 0) is 26.0 Å². The van der Waals surface area contributed by atoms with E-state index < -0.39 is 60.7 Å². The number of fused-ring (bicyclic) bond motifs is 1. The normalized spacial score (nSPS) is 28.5. The van der Waals surface area contributed by atoms with Gasteiger partial charge in [0.1, 0.15) is 48.0 Å². The maximum Gasteiger partial charge on any atom is 0.336 e. The largest absolute Gasteiger partial charge is 0.496 e. The molecule has 0 unspecified atom stereocenters. The Kier molecular flexibility index (Phi) is 7.22. The summed E-state index contributed by atoms with van der Waals surface area (Å²) in [4.78, 5) is 11.5. The van der Waals surface area contributed by atoms with E-state index in [1.807, 2.05) is 0 Å². The van der Waals surface area contributed by atoms with Gasteiger partial charge in [-0.2, -0.15) is 0 Å². The van der Waals surface area contributed by atoms with Gasteiger partial charge >= 0.3 is 5.63 Å². The SMILES string of the molecule is COc1cc2oc(=O)ccc2cc1[C@@H](O)[C@H](O)C(C)(C)O[C@H]1O[C@H](CO)[C@@H](O)[C@H](O)[C@H]1O. The van der Waals surface area contributed by atoms with Crippen LogP contribution in [0.4, 0.5) is 0 Å². The minimum atomic E-state index is -1.67. The van der Waals surface area contributed by atoms with Crippen LogP contribution in [-0.4, -0.2) is 86.8 Å². The quantitative estimate of drug-likeness (QED) is 0.275. The summed E-state index contributed by atoms with van der Waals surface area (Å²) < 4.78 is 21.4. The van der Waals surface area contributed by atoms with Crippen molar-refractivity contribution in [1.29, 1.82) is 0 Å². The van der Waals surface area contributed by atoms with E-state index in [1.165, 1.54) is 45.2 Å². The summed E-state index contributed by atoms with van der Waals surface area (Å²) in [5, 5.41) is 61.7. The lowest BCUT2D eigenvalue weighted by atomic mass is 9.90. The van der Waals surface area contributed by atoms with Crippen LogP contribution in [0.5, 0.6) is 5.75 Å². The zero-order valence-corrected chi connectivity index (χ0v) is 17.8. The molecule has 0 spiro atoms. The maximum atomic E-state index is 11.5. The molecule has 1 aromatic carbocycles. The summed E-state index contributed by atoms with van der Waals surface area (Å²) >= 11 is 0. The fraction of sp³-hybridized carbons (Fsp3) is 0.571. The molecule has 0 amide bonds. The lowest BCUT2D eigenvalue weighted by Crippen LogP contribution is -2.61. The third kappa shape index (κ3) is 4.65. The van der Waals surface area contributed by atoms with Gasteiger partial charge in [-0.3, -0.25) is 0 Å². The molecule has 1 aliphatic rings. The lowest BCUT2D eigenvalue weighted by Gasteiger charge is -2.44. The Labute approximate surface area is 183 Å². The zero-order chi connectivity index (χ0) is 23.8. The molecule has 0 radical (unpaired) electrons. The Hall–Kier alpha value is -2.09. The average Bonchev–Trinajstić information content (AvgIpc) is 2.77. The predicted octanol–water partition coefficient (Wildman–Crippen LogP) is -1.21. The molecule has 1 saturated heterocycles. The molecule has 1 aliphatic heterocycles. The molecular weight excluding hydrogens is 428 g/mol. The second-order valence-corrected chi connectivity index (χ2v) is 8.19. The molecule has 1 aromatic heterocycles. The van der Waals surface area contributed by atoms with Gasteiger partial charge in [0.2, 0.25) is 0 Å². The second-order valence-electron chi connectivity index (χ2n) is 8.19. The lowest BCUT2D eigenvalue weighted by molar-refractivity contribution is -0.334. The molecule has 6 N–H and O–H groups in total. The molecule has 32 heavy (non-hydrogen) atoms. The molecule has 11 heteroatoms. The smallest absolute Gasteiger partial charge is 0.336 e. The summed E-state index contributed by atoms with van der Waals surface area (Å²) in [5.41, 5.74) is -1.68. The minimum absolute atomic E-state index is 0.155. The molecule has 178 valence electrons. The average molecular weight is 456 g/mol. The molecule has 11 nitrogen and oxygen atoms in total. The van der Waals surface area contributed by atoms with Crippen molar-refractivity contribution in [2.45, 2.75) is 62.4 Å². The van der Waals surface area contributed by atoms with Crippen LogP contribution in [0.25, 0.3) is 11.0 Å². The number of methoxy groups -OCH3 is 1. The van der Waals surface area contributed by atoms with Crippen molar-refractivity contribution in [1.82, 2.24) is 0 Å². The highest BCUT2D eigenvalue weighted by Gasteiger charge is 2.48. The van der Waals surface area contributed by atoms with Gasteiger partial charge < -0.3 is 49.3 Å². The molecular formula is C21H28O11. The van der Waals surface area contributed by atoms with E-state index in [1.54, 1.807) is 0 Å². The fourth-order valence-corrected chi connectivity index (χ4v) is 3.61. The number of aliphatic hydroxyl groups is 6. The Bertz CT molecular complexity index is 985. The summed E-state index contributed by atoms with van der Waals surface area (Å²) in [5.74, 6) is 0.155. The highest BCUT2D eigenvalue weighted by Crippen LogP contribution is 2.36. The van der Waals surface area contributed by atoms with E-state index in [-0.39, 0.29) is 16.9 Å². The molecule has 2 heterocycles. The summed E-state index contributed by atoms with van der Waals surface area (Å²) in [7, 11) is 1.35. The van der Waals surface area contributed by atoms with E-state index in [0.717, 1.165) is 0 Å². The second kappa shape index (κ2) is 9.41. The van der Waals surface area contributed by atoms with E-state index in [4.69, 9.17) is 18.6 Å². The van der Waals surface area contributed by atoms with E-state index in [9.17, 15) is 35.4 Å². The molecule has 2 aromatic rings. The summed E-state index contributed by atoms with van der Waals surface area (Å²) in [6, 6.07) is 5.62. The van der Waals surface area contributed by atoms with Crippen molar-refractivity contribution < 1.29 is 49.3 Å². The van der Waals surface area contributed by atoms with Crippen molar-refractivity contribution in [3.05, 3.63) is 40.2 Å². The van der Waals surface area contributed by atoms with Crippen LogP contribution < -0.4 is 10.4 Å². The van der Waals surface area contributed by atoms with E-state index in [0.29, 0.717) is 5.39 Å². The number of ether oxygens (including phenoxy) is 3. The summed E-state index contributed by atoms with van der Waals surface area (Å²) in [6.45, 7) is 2.21. The number of hydrogen-bond acceptors (Lipinski definition) is 11. The first-order chi connectivity index (χ1) is 15.0. The molecule has 0 aliphatic carbocycles. The van der Waals surface area contributed by atoms with Gasteiger partial charge in [-0.1, -0.05) is 0 Å². The van der Waals surface area contributed by atoms with Crippen LogP contribution in [0.2, 0.25) is 0 Å². The van der Waals surface area contributed by atoms with Crippen molar-refractivity contribution in [3.8, 4) is 5.75 Å².